The van der Waals surface area contributed by atoms with Crippen molar-refractivity contribution >= 4 is 5.69 Å². The summed E-state index contributed by atoms with van der Waals surface area (Å²) in [5.41, 5.74) is 7.32. The van der Waals surface area contributed by atoms with E-state index >= 15 is 0 Å². The van der Waals surface area contributed by atoms with E-state index in [1.807, 2.05) is 18.2 Å². The molecule has 0 bridgehead atoms. The van der Waals surface area contributed by atoms with E-state index < -0.39 is 0 Å². The number of anilines is 1. The number of hydrogen-bond donors (Lipinski definition) is 2. The van der Waals surface area contributed by atoms with Crippen molar-refractivity contribution in [2.45, 2.75) is 0 Å². The van der Waals surface area contributed by atoms with Gasteiger partial charge in [-0.15, -0.1) is 0 Å². The molecule has 0 spiro atoms. The second-order valence-electron chi connectivity index (χ2n) is 3.41. The standard InChI is InChI=1S/C12H12N2O2/c1-16-10-4-2-3-8(5-10)11-6-9(13)7-14-12(11)15/h2-7H,13H2,1H3,(H,14,15). The number of methoxy groups -OCH3 is 1. The van der Waals surface area contributed by atoms with E-state index in [1.54, 1.807) is 19.2 Å². The smallest absolute Gasteiger partial charge is 0.255 e. The van der Waals surface area contributed by atoms with Crippen molar-refractivity contribution in [3.05, 3.63) is 46.9 Å². The Morgan fingerprint density at radius 1 is 1.31 bits per heavy atom. The summed E-state index contributed by atoms with van der Waals surface area (Å²) in [5, 5.41) is 0. The largest absolute Gasteiger partial charge is 0.497 e. The van der Waals surface area contributed by atoms with Gasteiger partial charge in [0, 0.05) is 17.4 Å². The molecule has 82 valence electrons. The molecule has 0 fully saturated rings. The number of rotatable bonds is 2. The maximum absolute atomic E-state index is 11.6. The molecule has 4 nitrogen and oxygen atoms in total. The molecule has 0 aliphatic carbocycles. The van der Waals surface area contributed by atoms with Crippen molar-refractivity contribution < 1.29 is 4.74 Å². The van der Waals surface area contributed by atoms with Crippen LogP contribution in [0, 0.1) is 0 Å². The minimum Gasteiger partial charge on any atom is -0.497 e. The number of nitrogens with two attached hydrogens (primary N) is 1. The molecule has 0 atom stereocenters. The minimum atomic E-state index is -0.164. The first kappa shape index (κ1) is 10.3. The number of aromatic nitrogens is 1. The monoisotopic (exact) mass is 216 g/mol. The third kappa shape index (κ3) is 1.91. The van der Waals surface area contributed by atoms with Crippen molar-refractivity contribution in [1.29, 1.82) is 0 Å². The van der Waals surface area contributed by atoms with E-state index in [0.717, 1.165) is 5.56 Å². The first-order chi connectivity index (χ1) is 7.70. The van der Waals surface area contributed by atoms with Crippen molar-refractivity contribution in [3.63, 3.8) is 0 Å². The number of pyridine rings is 1. The Kier molecular flexibility index (Phi) is 2.64. The Hall–Kier alpha value is -2.23. The van der Waals surface area contributed by atoms with Gasteiger partial charge in [-0.05, 0) is 23.8 Å². The van der Waals surface area contributed by atoms with Crippen LogP contribution < -0.4 is 16.0 Å². The Morgan fingerprint density at radius 3 is 2.88 bits per heavy atom. The highest BCUT2D eigenvalue weighted by Gasteiger charge is 2.04. The van der Waals surface area contributed by atoms with Crippen molar-refractivity contribution in [1.82, 2.24) is 4.98 Å². The number of H-pyrrole nitrogens is 1. The van der Waals surface area contributed by atoms with Crippen LogP contribution in [0.1, 0.15) is 0 Å². The summed E-state index contributed by atoms with van der Waals surface area (Å²) in [6.45, 7) is 0. The summed E-state index contributed by atoms with van der Waals surface area (Å²) in [6, 6.07) is 8.94. The number of aromatic amines is 1. The third-order valence-corrected chi connectivity index (χ3v) is 2.31. The van der Waals surface area contributed by atoms with Gasteiger partial charge in [-0.3, -0.25) is 4.79 Å². The van der Waals surface area contributed by atoms with E-state index in [2.05, 4.69) is 4.98 Å². The molecular formula is C12H12N2O2. The second-order valence-corrected chi connectivity index (χ2v) is 3.41. The van der Waals surface area contributed by atoms with Crippen LogP contribution in [0.25, 0.3) is 11.1 Å². The van der Waals surface area contributed by atoms with Crippen LogP contribution in [-0.4, -0.2) is 12.1 Å². The van der Waals surface area contributed by atoms with Crippen LogP contribution in [0.15, 0.2) is 41.3 Å². The van der Waals surface area contributed by atoms with Crippen LogP contribution in [0.2, 0.25) is 0 Å². The molecule has 2 aromatic rings. The van der Waals surface area contributed by atoms with Crippen molar-refractivity contribution in [2.75, 3.05) is 12.8 Å². The molecule has 1 aromatic carbocycles. The molecule has 0 radical (unpaired) electrons. The van der Waals surface area contributed by atoms with E-state index in [-0.39, 0.29) is 5.56 Å². The number of benzene rings is 1. The molecule has 0 saturated carbocycles. The predicted molar refractivity (Wildman–Crippen MR) is 63.5 cm³/mol. The summed E-state index contributed by atoms with van der Waals surface area (Å²) in [5.74, 6) is 0.708. The number of ether oxygens (including phenoxy) is 1. The highest BCUT2D eigenvalue weighted by Crippen LogP contribution is 2.21. The Balaban J connectivity index is 2.58. The Bertz CT molecular complexity index is 561. The fraction of sp³-hybridized carbons (Fsp3) is 0.0833. The predicted octanol–water partition coefficient (Wildman–Crippen LogP) is 1.63. The molecule has 1 heterocycles. The van der Waals surface area contributed by atoms with Gasteiger partial charge >= 0.3 is 0 Å². The van der Waals surface area contributed by atoms with Crippen LogP contribution in [0.4, 0.5) is 5.69 Å². The molecule has 4 heteroatoms. The molecule has 0 unspecified atom stereocenters. The fourth-order valence-electron chi connectivity index (χ4n) is 1.51. The highest BCUT2D eigenvalue weighted by molar-refractivity contribution is 5.67. The molecule has 0 amide bonds. The summed E-state index contributed by atoms with van der Waals surface area (Å²) in [6.07, 6.45) is 1.48. The van der Waals surface area contributed by atoms with Gasteiger partial charge in [-0.2, -0.15) is 0 Å². The van der Waals surface area contributed by atoms with Crippen LogP contribution in [0.3, 0.4) is 0 Å². The van der Waals surface area contributed by atoms with Gasteiger partial charge in [-0.1, -0.05) is 12.1 Å². The lowest BCUT2D eigenvalue weighted by Crippen LogP contribution is -2.08. The molecule has 3 N–H and O–H groups in total. The summed E-state index contributed by atoms with van der Waals surface area (Å²) >= 11 is 0. The average molecular weight is 216 g/mol. The van der Waals surface area contributed by atoms with E-state index in [0.29, 0.717) is 17.0 Å². The van der Waals surface area contributed by atoms with Gasteiger partial charge in [0.15, 0.2) is 0 Å². The quantitative estimate of drug-likeness (QED) is 0.801. The number of nitrogens with one attached hydrogen (secondary N) is 1. The zero-order valence-electron chi connectivity index (χ0n) is 8.86. The maximum Gasteiger partial charge on any atom is 0.255 e. The van der Waals surface area contributed by atoms with Crippen molar-refractivity contribution in [3.8, 4) is 16.9 Å². The van der Waals surface area contributed by atoms with Gasteiger partial charge in [0.25, 0.3) is 5.56 Å². The number of hydrogen-bond acceptors (Lipinski definition) is 3. The summed E-state index contributed by atoms with van der Waals surface area (Å²) in [4.78, 5) is 14.2. The van der Waals surface area contributed by atoms with Gasteiger partial charge in [-0.25, -0.2) is 0 Å². The van der Waals surface area contributed by atoms with Gasteiger partial charge in [0.05, 0.1) is 7.11 Å². The van der Waals surface area contributed by atoms with E-state index in [4.69, 9.17) is 10.5 Å². The molecule has 16 heavy (non-hydrogen) atoms. The zero-order chi connectivity index (χ0) is 11.5. The molecule has 2 rings (SSSR count). The first-order valence-electron chi connectivity index (χ1n) is 4.83. The van der Waals surface area contributed by atoms with E-state index in [9.17, 15) is 4.79 Å². The van der Waals surface area contributed by atoms with Crippen LogP contribution >= 0.6 is 0 Å². The van der Waals surface area contributed by atoms with Gasteiger partial charge < -0.3 is 15.5 Å². The maximum atomic E-state index is 11.6. The molecular weight excluding hydrogens is 204 g/mol. The first-order valence-corrected chi connectivity index (χ1v) is 4.83. The lowest BCUT2D eigenvalue weighted by atomic mass is 10.1. The van der Waals surface area contributed by atoms with Crippen LogP contribution in [-0.2, 0) is 0 Å². The average Bonchev–Trinajstić information content (AvgIpc) is 2.32. The summed E-state index contributed by atoms with van der Waals surface area (Å²) < 4.78 is 5.10. The SMILES string of the molecule is COc1cccc(-c2cc(N)c[nH]c2=O)c1. The summed E-state index contributed by atoms with van der Waals surface area (Å²) in [7, 11) is 1.59. The normalized spacial score (nSPS) is 10.1. The minimum absolute atomic E-state index is 0.164. The molecule has 0 aliphatic rings. The number of nitrogen functional groups attached to an aromatic ring is 1. The Morgan fingerprint density at radius 2 is 2.12 bits per heavy atom. The lowest BCUT2D eigenvalue weighted by molar-refractivity contribution is 0.415. The third-order valence-electron chi connectivity index (χ3n) is 2.31. The van der Waals surface area contributed by atoms with Crippen molar-refractivity contribution in [2.24, 2.45) is 0 Å². The molecule has 1 aromatic heterocycles. The molecule has 0 aliphatic heterocycles. The lowest BCUT2D eigenvalue weighted by Gasteiger charge is -2.04. The van der Waals surface area contributed by atoms with Gasteiger partial charge in [0.2, 0.25) is 0 Å². The fourth-order valence-corrected chi connectivity index (χ4v) is 1.51. The van der Waals surface area contributed by atoms with Crippen LogP contribution in [0.5, 0.6) is 5.75 Å². The van der Waals surface area contributed by atoms with Gasteiger partial charge in [0.1, 0.15) is 5.75 Å². The molecule has 0 saturated heterocycles. The highest BCUT2D eigenvalue weighted by atomic mass is 16.5. The van der Waals surface area contributed by atoms with E-state index in [1.165, 1.54) is 6.20 Å². The second kappa shape index (κ2) is 4.10. The zero-order valence-corrected chi connectivity index (χ0v) is 8.86. The Labute approximate surface area is 92.7 Å². The topological polar surface area (TPSA) is 68.1 Å².